The normalized spacial score (nSPS) is 10.0. The number of aromatic amines is 1. The Kier molecular flexibility index (Phi) is 2.51. The maximum absolute atomic E-state index is 11.4. The van der Waals surface area contributed by atoms with Crippen molar-refractivity contribution in [3.8, 4) is 11.1 Å². The summed E-state index contributed by atoms with van der Waals surface area (Å²) in [5.74, 6) is -1.25. The van der Waals surface area contributed by atoms with Gasteiger partial charge in [-0.25, -0.2) is 4.79 Å². The van der Waals surface area contributed by atoms with Crippen molar-refractivity contribution in [2.24, 2.45) is 0 Å². The number of carboxylic acids is 1. The summed E-state index contributed by atoms with van der Waals surface area (Å²) in [4.78, 5) is 28.6. The highest BCUT2D eigenvalue weighted by Gasteiger charge is 2.15. The molecule has 0 aliphatic heterocycles. The monoisotopic (exact) mass is 216 g/mol. The van der Waals surface area contributed by atoms with Gasteiger partial charge in [0, 0.05) is 29.7 Å². The summed E-state index contributed by atoms with van der Waals surface area (Å²) in [6.07, 6.45) is 4.51. The zero-order chi connectivity index (χ0) is 11.5. The van der Waals surface area contributed by atoms with Gasteiger partial charge in [-0.05, 0) is 12.1 Å². The molecule has 0 bridgehead atoms. The molecule has 16 heavy (non-hydrogen) atoms. The van der Waals surface area contributed by atoms with Crippen LogP contribution in [0.15, 0.2) is 41.6 Å². The van der Waals surface area contributed by atoms with Gasteiger partial charge in [0.25, 0.3) is 5.56 Å². The molecule has 0 radical (unpaired) electrons. The molecule has 2 heterocycles. The van der Waals surface area contributed by atoms with E-state index in [1.807, 2.05) is 0 Å². The maximum Gasteiger partial charge on any atom is 0.341 e. The van der Waals surface area contributed by atoms with Crippen LogP contribution in [0.3, 0.4) is 0 Å². The Balaban J connectivity index is 2.71. The number of aromatic nitrogens is 2. The van der Waals surface area contributed by atoms with E-state index in [4.69, 9.17) is 5.11 Å². The summed E-state index contributed by atoms with van der Waals surface area (Å²) in [7, 11) is 0. The topological polar surface area (TPSA) is 83.0 Å². The van der Waals surface area contributed by atoms with Gasteiger partial charge in [0.15, 0.2) is 0 Å². The van der Waals surface area contributed by atoms with E-state index in [0.717, 1.165) is 0 Å². The SMILES string of the molecule is O=C(O)c1c(-c2cccnc2)cc[nH]c1=O. The third-order valence-electron chi connectivity index (χ3n) is 2.15. The van der Waals surface area contributed by atoms with Gasteiger partial charge >= 0.3 is 5.97 Å². The van der Waals surface area contributed by atoms with Gasteiger partial charge in [-0.1, -0.05) is 6.07 Å². The summed E-state index contributed by atoms with van der Waals surface area (Å²) < 4.78 is 0. The predicted molar refractivity (Wildman–Crippen MR) is 57.3 cm³/mol. The summed E-state index contributed by atoms with van der Waals surface area (Å²) >= 11 is 0. The van der Waals surface area contributed by atoms with Crippen LogP contribution in [0.1, 0.15) is 10.4 Å². The molecule has 0 saturated carbocycles. The predicted octanol–water partition coefficient (Wildman–Crippen LogP) is 1.14. The van der Waals surface area contributed by atoms with E-state index in [1.165, 1.54) is 12.4 Å². The molecule has 5 heteroatoms. The van der Waals surface area contributed by atoms with Gasteiger partial charge < -0.3 is 10.1 Å². The van der Waals surface area contributed by atoms with Crippen molar-refractivity contribution in [3.63, 3.8) is 0 Å². The molecule has 2 aromatic rings. The van der Waals surface area contributed by atoms with Gasteiger partial charge in [0.1, 0.15) is 5.56 Å². The maximum atomic E-state index is 11.4. The second kappa shape index (κ2) is 3.98. The first-order chi connectivity index (χ1) is 7.70. The number of H-pyrrole nitrogens is 1. The number of carboxylic acid groups (broad SMARTS) is 1. The molecule has 80 valence electrons. The van der Waals surface area contributed by atoms with Crippen molar-refractivity contribution >= 4 is 5.97 Å². The van der Waals surface area contributed by atoms with Crippen LogP contribution in [0, 0.1) is 0 Å². The molecule has 0 amide bonds. The molecule has 0 spiro atoms. The summed E-state index contributed by atoms with van der Waals surface area (Å²) in [6, 6.07) is 4.93. The molecule has 0 aromatic carbocycles. The van der Waals surface area contributed by atoms with Crippen LogP contribution in [0.25, 0.3) is 11.1 Å². The largest absolute Gasteiger partial charge is 0.477 e. The minimum absolute atomic E-state index is 0.268. The second-order valence-corrected chi connectivity index (χ2v) is 3.14. The Morgan fingerprint density at radius 2 is 2.19 bits per heavy atom. The van der Waals surface area contributed by atoms with E-state index >= 15 is 0 Å². The van der Waals surface area contributed by atoms with Crippen LogP contribution in [0.2, 0.25) is 0 Å². The summed E-state index contributed by atoms with van der Waals surface area (Å²) in [5.41, 5.74) is 0.0831. The molecule has 2 N–H and O–H groups in total. The van der Waals surface area contributed by atoms with Gasteiger partial charge in [0.05, 0.1) is 0 Å². The van der Waals surface area contributed by atoms with Gasteiger partial charge in [-0.3, -0.25) is 9.78 Å². The van der Waals surface area contributed by atoms with E-state index < -0.39 is 11.5 Å². The Morgan fingerprint density at radius 1 is 1.38 bits per heavy atom. The number of hydrogen-bond donors (Lipinski definition) is 2. The molecule has 0 atom stereocenters. The highest BCUT2D eigenvalue weighted by molar-refractivity contribution is 5.95. The van der Waals surface area contributed by atoms with Gasteiger partial charge in [-0.2, -0.15) is 0 Å². The molecule has 0 saturated heterocycles. The summed E-state index contributed by atoms with van der Waals surface area (Å²) in [6.45, 7) is 0. The van der Waals surface area contributed by atoms with Crippen LogP contribution in [-0.4, -0.2) is 21.0 Å². The fourth-order valence-electron chi connectivity index (χ4n) is 1.45. The standard InChI is InChI=1S/C11H8N2O3/c14-10-9(11(15)16)8(3-5-13-10)7-2-1-4-12-6-7/h1-6H,(H,13,14)(H,15,16). The first kappa shape index (κ1) is 10.1. The fourth-order valence-corrected chi connectivity index (χ4v) is 1.45. The lowest BCUT2D eigenvalue weighted by atomic mass is 10.0. The first-order valence-corrected chi connectivity index (χ1v) is 4.55. The lowest BCUT2D eigenvalue weighted by Crippen LogP contribution is -2.18. The molecule has 0 unspecified atom stereocenters. The molecule has 2 rings (SSSR count). The second-order valence-electron chi connectivity index (χ2n) is 3.14. The Bertz CT molecular complexity index is 575. The Labute approximate surface area is 90.4 Å². The number of hydrogen-bond acceptors (Lipinski definition) is 3. The van der Waals surface area contributed by atoms with Gasteiger partial charge in [-0.15, -0.1) is 0 Å². The van der Waals surface area contributed by atoms with Gasteiger partial charge in [0.2, 0.25) is 0 Å². The fraction of sp³-hybridized carbons (Fsp3) is 0. The molecule has 0 aliphatic rings. The van der Waals surface area contributed by atoms with Crippen molar-refractivity contribution in [2.75, 3.05) is 0 Å². The zero-order valence-electron chi connectivity index (χ0n) is 8.18. The zero-order valence-corrected chi connectivity index (χ0v) is 8.18. The molecular weight excluding hydrogens is 208 g/mol. The van der Waals surface area contributed by atoms with Crippen LogP contribution in [0.5, 0.6) is 0 Å². The first-order valence-electron chi connectivity index (χ1n) is 4.55. The number of nitrogens with one attached hydrogen (secondary N) is 1. The number of rotatable bonds is 2. The van der Waals surface area contributed by atoms with E-state index in [1.54, 1.807) is 24.4 Å². The Hall–Kier alpha value is -2.43. The van der Waals surface area contributed by atoms with Crippen LogP contribution in [-0.2, 0) is 0 Å². The van der Waals surface area contributed by atoms with Crippen molar-refractivity contribution in [3.05, 3.63) is 52.7 Å². The number of carbonyl (C=O) groups is 1. The van der Waals surface area contributed by atoms with Crippen LogP contribution >= 0.6 is 0 Å². The third-order valence-corrected chi connectivity index (χ3v) is 2.15. The summed E-state index contributed by atoms with van der Waals surface area (Å²) in [5, 5.41) is 8.97. The third kappa shape index (κ3) is 1.70. The van der Waals surface area contributed by atoms with E-state index in [-0.39, 0.29) is 5.56 Å². The quantitative estimate of drug-likeness (QED) is 0.788. The lowest BCUT2D eigenvalue weighted by Gasteiger charge is -2.03. The van der Waals surface area contributed by atoms with E-state index in [0.29, 0.717) is 11.1 Å². The van der Waals surface area contributed by atoms with Crippen LogP contribution < -0.4 is 5.56 Å². The molecule has 0 aliphatic carbocycles. The van der Waals surface area contributed by atoms with Crippen LogP contribution in [0.4, 0.5) is 0 Å². The smallest absolute Gasteiger partial charge is 0.341 e. The van der Waals surface area contributed by atoms with Crippen molar-refractivity contribution < 1.29 is 9.90 Å². The highest BCUT2D eigenvalue weighted by atomic mass is 16.4. The molecule has 2 aromatic heterocycles. The Morgan fingerprint density at radius 3 is 2.81 bits per heavy atom. The van der Waals surface area contributed by atoms with Crippen molar-refractivity contribution in [2.45, 2.75) is 0 Å². The number of nitrogens with zero attached hydrogens (tertiary/aromatic N) is 1. The van der Waals surface area contributed by atoms with E-state index in [2.05, 4.69) is 9.97 Å². The van der Waals surface area contributed by atoms with Crippen molar-refractivity contribution in [1.29, 1.82) is 0 Å². The average Bonchev–Trinajstić information content (AvgIpc) is 2.29. The molecule has 0 fully saturated rings. The number of pyridine rings is 2. The number of aromatic carboxylic acids is 1. The highest BCUT2D eigenvalue weighted by Crippen LogP contribution is 2.19. The van der Waals surface area contributed by atoms with Crippen molar-refractivity contribution in [1.82, 2.24) is 9.97 Å². The molecular formula is C11H8N2O3. The molecule has 5 nitrogen and oxygen atoms in total. The van der Waals surface area contributed by atoms with E-state index in [9.17, 15) is 9.59 Å². The lowest BCUT2D eigenvalue weighted by molar-refractivity contribution is 0.0696. The average molecular weight is 216 g/mol. The minimum Gasteiger partial charge on any atom is -0.477 e. The minimum atomic E-state index is -1.25.